The minimum atomic E-state index is -0.399. The predicted molar refractivity (Wildman–Crippen MR) is 100 cm³/mol. The molecule has 1 aliphatic heterocycles. The second-order valence-corrected chi connectivity index (χ2v) is 5.99. The zero-order chi connectivity index (χ0) is 18.4. The Balaban J connectivity index is 1.66. The van der Waals surface area contributed by atoms with E-state index in [9.17, 15) is 4.79 Å². The minimum Gasteiger partial charge on any atom is -0.497 e. The van der Waals surface area contributed by atoms with Gasteiger partial charge in [-0.15, -0.1) is 0 Å². The van der Waals surface area contributed by atoms with Crippen molar-refractivity contribution < 1.29 is 14.3 Å². The quantitative estimate of drug-likeness (QED) is 0.855. The molecular weight excluding hydrogens is 334 g/mol. The number of carbonyl (C=O) groups is 1. The number of hydrogen-bond donors (Lipinski definition) is 2. The summed E-state index contributed by atoms with van der Waals surface area (Å²) in [4.78, 5) is 22.9. The maximum absolute atomic E-state index is 12.3. The second kappa shape index (κ2) is 8.37. The Bertz CT molecular complexity index is 740. The lowest BCUT2D eigenvalue weighted by atomic mass is 10.1. The molecule has 2 N–H and O–H groups in total. The van der Waals surface area contributed by atoms with Crippen molar-refractivity contribution >= 4 is 23.4 Å². The Morgan fingerprint density at radius 2 is 1.65 bits per heavy atom. The van der Waals surface area contributed by atoms with E-state index >= 15 is 0 Å². The standard InChI is InChI=1S/C18H23N5O3/c1-25-14-8-13(9-15(10-14)26-2)21-18(24)22-16-11-17(20-12-19-16)23-6-4-3-5-7-23/h8-12H,3-7H2,1-2H3,(H2,19,20,21,22,24). The fourth-order valence-corrected chi connectivity index (χ4v) is 2.87. The first-order valence-electron chi connectivity index (χ1n) is 8.56. The fraction of sp³-hybridized carbons (Fsp3) is 0.389. The number of piperidine rings is 1. The number of aromatic nitrogens is 2. The molecule has 0 spiro atoms. The number of anilines is 3. The molecule has 8 heteroatoms. The van der Waals surface area contributed by atoms with Crippen LogP contribution in [0.3, 0.4) is 0 Å². The summed E-state index contributed by atoms with van der Waals surface area (Å²) in [5.41, 5.74) is 0.559. The van der Waals surface area contributed by atoms with Crippen LogP contribution in [0.4, 0.5) is 22.1 Å². The van der Waals surface area contributed by atoms with E-state index in [1.54, 1.807) is 38.5 Å². The predicted octanol–water partition coefficient (Wildman–Crippen LogP) is 3.13. The number of hydrogen-bond acceptors (Lipinski definition) is 6. The van der Waals surface area contributed by atoms with Crippen LogP contribution in [-0.4, -0.2) is 43.3 Å². The van der Waals surface area contributed by atoms with Gasteiger partial charge in [0.15, 0.2) is 0 Å². The molecule has 1 aliphatic rings. The highest BCUT2D eigenvalue weighted by molar-refractivity contribution is 5.99. The summed E-state index contributed by atoms with van der Waals surface area (Å²) in [7, 11) is 3.11. The van der Waals surface area contributed by atoms with Gasteiger partial charge >= 0.3 is 6.03 Å². The van der Waals surface area contributed by atoms with Gasteiger partial charge < -0.3 is 19.7 Å². The topological polar surface area (TPSA) is 88.6 Å². The van der Waals surface area contributed by atoms with E-state index in [0.29, 0.717) is 23.0 Å². The van der Waals surface area contributed by atoms with E-state index in [-0.39, 0.29) is 0 Å². The van der Waals surface area contributed by atoms with Gasteiger partial charge in [0.2, 0.25) is 0 Å². The van der Waals surface area contributed by atoms with E-state index in [1.165, 1.54) is 12.7 Å². The van der Waals surface area contributed by atoms with E-state index in [2.05, 4.69) is 25.5 Å². The van der Waals surface area contributed by atoms with Crippen molar-refractivity contribution in [2.45, 2.75) is 19.3 Å². The Morgan fingerprint density at radius 3 is 2.31 bits per heavy atom. The van der Waals surface area contributed by atoms with Gasteiger partial charge in [-0.05, 0) is 19.3 Å². The molecule has 1 aromatic heterocycles. The normalized spacial score (nSPS) is 13.8. The summed E-state index contributed by atoms with van der Waals surface area (Å²) in [5, 5.41) is 5.49. The molecule has 0 saturated carbocycles. The van der Waals surface area contributed by atoms with E-state index < -0.39 is 6.03 Å². The highest BCUT2D eigenvalue weighted by Gasteiger charge is 2.14. The van der Waals surface area contributed by atoms with Crippen molar-refractivity contribution in [1.82, 2.24) is 9.97 Å². The monoisotopic (exact) mass is 357 g/mol. The molecule has 8 nitrogen and oxygen atoms in total. The minimum absolute atomic E-state index is 0.399. The third kappa shape index (κ3) is 4.53. The molecule has 0 atom stereocenters. The Kier molecular flexibility index (Phi) is 5.73. The summed E-state index contributed by atoms with van der Waals surface area (Å²) in [6.45, 7) is 1.96. The molecule has 1 aromatic carbocycles. The van der Waals surface area contributed by atoms with Crippen LogP contribution < -0.4 is 25.0 Å². The number of benzene rings is 1. The SMILES string of the molecule is COc1cc(NC(=O)Nc2cc(N3CCCCC3)ncn2)cc(OC)c1. The van der Waals surface area contributed by atoms with Gasteiger partial charge in [-0.2, -0.15) is 0 Å². The number of amides is 2. The maximum Gasteiger partial charge on any atom is 0.324 e. The van der Waals surface area contributed by atoms with Crippen molar-refractivity contribution in [3.05, 3.63) is 30.6 Å². The molecule has 0 aliphatic carbocycles. The van der Waals surface area contributed by atoms with E-state index in [0.717, 1.165) is 31.7 Å². The van der Waals surface area contributed by atoms with Crippen LogP contribution in [0, 0.1) is 0 Å². The molecule has 1 fully saturated rings. The molecule has 2 aromatic rings. The lowest BCUT2D eigenvalue weighted by Crippen LogP contribution is -2.30. The lowest BCUT2D eigenvalue weighted by Gasteiger charge is -2.27. The number of methoxy groups -OCH3 is 2. The zero-order valence-electron chi connectivity index (χ0n) is 15.0. The van der Waals surface area contributed by atoms with Gasteiger partial charge in [0, 0.05) is 43.0 Å². The molecular formula is C18H23N5O3. The summed E-state index contributed by atoms with van der Waals surface area (Å²) < 4.78 is 10.4. The van der Waals surface area contributed by atoms with Crippen molar-refractivity contribution in [2.24, 2.45) is 0 Å². The van der Waals surface area contributed by atoms with Crippen LogP contribution in [0.2, 0.25) is 0 Å². The summed E-state index contributed by atoms with van der Waals surface area (Å²) in [5.74, 6) is 2.47. The smallest absolute Gasteiger partial charge is 0.324 e. The second-order valence-electron chi connectivity index (χ2n) is 5.99. The summed E-state index contributed by atoms with van der Waals surface area (Å²) >= 11 is 0. The molecule has 1 saturated heterocycles. The number of nitrogens with zero attached hydrogens (tertiary/aromatic N) is 3. The van der Waals surface area contributed by atoms with Crippen LogP contribution in [0.15, 0.2) is 30.6 Å². The van der Waals surface area contributed by atoms with Crippen molar-refractivity contribution in [3.8, 4) is 11.5 Å². The number of rotatable bonds is 5. The van der Waals surface area contributed by atoms with Crippen molar-refractivity contribution in [3.63, 3.8) is 0 Å². The first kappa shape index (κ1) is 17.8. The molecule has 0 unspecified atom stereocenters. The van der Waals surface area contributed by atoms with Crippen LogP contribution in [0.1, 0.15) is 19.3 Å². The van der Waals surface area contributed by atoms with Crippen LogP contribution in [-0.2, 0) is 0 Å². The number of urea groups is 1. The van der Waals surface area contributed by atoms with E-state index in [4.69, 9.17) is 9.47 Å². The largest absolute Gasteiger partial charge is 0.497 e. The number of carbonyl (C=O) groups excluding carboxylic acids is 1. The number of nitrogens with one attached hydrogen (secondary N) is 2. The Hall–Kier alpha value is -3.03. The van der Waals surface area contributed by atoms with E-state index in [1.807, 2.05) is 0 Å². The third-order valence-corrected chi connectivity index (χ3v) is 4.18. The molecule has 0 radical (unpaired) electrons. The molecule has 0 bridgehead atoms. The van der Waals surface area contributed by atoms with Crippen LogP contribution in [0.5, 0.6) is 11.5 Å². The van der Waals surface area contributed by atoms with Gasteiger partial charge in [-0.25, -0.2) is 14.8 Å². The van der Waals surface area contributed by atoms with Crippen LogP contribution in [0.25, 0.3) is 0 Å². The van der Waals surface area contributed by atoms with Crippen molar-refractivity contribution in [1.29, 1.82) is 0 Å². The fourth-order valence-electron chi connectivity index (χ4n) is 2.87. The van der Waals surface area contributed by atoms with Gasteiger partial charge in [-0.1, -0.05) is 0 Å². The molecule has 2 amide bonds. The Labute approximate surface area is 152 Å². The number of ether oxygens (including phenoxy) is 2. The third-order valence-electron chi connectivity index (χ3n) is 4.18. The highest BCUT2D eigenvalue weighted by Crippen LogP contribution is 2.26. The average molecular weight is 357 g/mol. The maximum atomic E-state index is 12.3. The average Bonchev–Trinajstić information content (AvgIpc) is 2.68. The van der Waals surface area contributed by atoms with Gasteiger partial charge in [-0.3, -0.25) is 5.32 Å². The Morgan fingerprint density at radius 1 is 0.962 bits per heavy atom. The first-order chi connectivity index (χ1) is 12.7. The summed E-state index contributed by atoms with van der Waals surface area (Å²) in [6.07, 6.45) is 5.03. The summed E-state index contributed by atoms with van der Waals surface area (Å²) in [6, 6.07) is 6.54. The lowest BCUT2D eigenvalue weighted by molar-refractivity contribution is 0.262. The molecule has 138 valence electrons. The molecule has 2 heterocycles. The highest BCUT2D eigenvalue weighted by atomic mass is 16.5. The van der Waals surface area contributed by atoms with Gasteiger partial charge in [0.05, 0.1) is 14.2 Å². The van der Waals surface area contributed by atoms with Gasteiger partial charge in [0.25, 0.3) is 0 Å². The zero-order valence-corrected chi connectivity index (χ0v) is 15.0. The van der Waals surface area contributed by atoms with Crippen molar-refractivity contribution in [2.75, 3.05) is 42.8 Å². The van der Waals surface area contributed by atoms with Gasteiger partial charge in [0.1, 0.15) is 29.5 Å². The van der Waals surface area contributed by atoms with Crippen LogP contribution >= 0.6 is 0 Å². The molecule has 26 heavy (non-hydrogen) atoms. The molecule has 3 rings (SSSR count). The first-order valence-corrected chi connectivity index (χ1v) is 8.56.